The van der Waals surface area contributed by atoms with E-state index < -0.39 is 0 Å². The number of nitrogen functional groups attached to an aromatic ring is 1. The highest BCUT2D eigenvalue weighted by Gasteiger charge is 2.23. The van der Waals surface area contributed by atoms with Gasteiger partial charge < -0.3 is 15.5 Å². The van der Waals surface area contributed by atoms with Gasteiger partial charge in [0, 0.05) is 54.1 Å². The lowest BCUT2D eigenvalue weighted by Crippen LogP contribution is -2.49. The smallest absolute Gasteiger partial charge is 0.227 e. The van der Waals surface area contributed by atoms with E-state index in [0.29, 0.717) is 23.1 Å². The lowest BCUT2D eigenvalue weighted by molar-refractivity contribution is -0.130. The lowest BCUT2D eigenvalue weighted by Gasteiger charge is -2.36. The SMILES string of the molecule is Nc1ccc(N2CCN(C(=O)Cc3c(Cl)cc(CN4CCCC4)cc3Cl)CC2)cc1. The molecule has 2 fully saturated rings. The van der Waals surface area contributed by atoms with Crippen LogP contribution in [-0.4, -0.2) is 55.0 Å². The van der Waals surface area contributed by atoms with Crippen LogP contribution in [0.4, 0.5) is 11.4 Å². The summed E-state index contributed by atoms with van der Waals surface area (Å²) < 4.78 is 0. The number of hydrogen-bond donors (Lipinski definition) is 1. The van der Waals surface area contributed by atoms with Gasteiger partial charge >= 0.3 is 0 Å². The van der Waals surface area contributed by atoms with Crippen molar-refractivity contribution in [3.05, 3.63) is 57.6 Å². The van der Waals surface area contributed by atoms with Crippen molar-refractivity contribution in [1.82, 2.24) is 9.80 Å². The number of benzene rings is 2. The van der Waals surface area contributed by atoms with Crippen molar-refractivity contribution in [2.24, 2.45) is 0 Å². The van der Waals surface area contributed by atoms with Crippen LogP contribution in [0.5, 0.6) is 0 Å². The number of likely N-dealkylation sites (tertiary alicyclic amines) is 1. The van der Waals surface area contributed by atoms with Crippen LogP contribution in [0.15, 0.2) is 36.4 Å². The van der Waals surface area contributed by atoms with Crippen molar-refractivity contribution in [2.45, 2.75) is 25.8 Å². The van der Waals surface area contributed by atoms with Crippen molar-refractivity contribution in [3.63, 3.8) is 0 Å². The molecule has 4 rings (SSSR count). The predicted octanol–water partition coefficient (Wildman–Crippen LogP) is 4.06. The molecule has 0 unspecified atom stereocenters. The average Bonchev–Trinajstić information content (AvgIpc) is 3.24. The molecule has 7 heteroatoms. The van der Waals surface area contributed by atoms with Gasteiger partial charge in [0.15, 0.2) is 0 Å². The number of anilines is 2. The monoisotopic (exact) mass is 446 g/mol. The molecule has 0 radical (unpaired) electrons. The van der Waals surface area contributed by atoms with Gasteiger partial charge in [-0.2, -0.15) is 0 Å². The van der Waals surface area contributed by atoms with Gasteiger partial charge in [-0.15, -0.1) is 0 Å². The van der Waals surface area contributed by atoms with Crippen LogP contribution >= 0.6 is 23.2 Å². The van der Waals surface area contributed by atoms with Crippen molar-refractivity contribution in [1.29, 1.82) is 0 Å². The first kappa shape index (κ1) is 21.3. The molecule has 0 bridgehead atoms. The van der Waals surface area contributed by atoms with Crippen LogP contribution < -0.4 is 10.6 Å². The fourth-order valence-corrected chi connectivity index (χ4v) is 4.94. The third-order valence-electron chi connectivity index (χ3n) is 6.02. The standard InChI is InChI=1S/C23H28Cl2N4O/c24-21-13-17(16-27-7-1-2-8-27)14-22(25)20(21)15-23(30)29-11-9-28(10-12-29)19-5-3-18(26)4-6-19/h3-6,13-14H,1-2,7-12,15-16,26H2. The Labute approximate surface area is 188 Å². The summed E-state index contributed by atoms with van der Waals surface area (Å²) in [4.78, 5) is 19.5. The molecule has 2 aliphatic heterocycles. The van der Waals surface area contributed by atoms with Crippen LogP contribution in [0.25, 0.3) is 0 Å². The molecular formula is C23H28Cl2N4O. The van der Waals surface area contributed by atoms with Crippen molar-refractivity contribution in [2.75, 3.05) is 49.9 Å². The summed E-state index contributed by atoms with van der Waals surface area (Å²) in [6.07, 6.45) is 2.74. The van der Waals surface area contributed by atoms with Crippen LogP contribution in [0, 0.1) is 0 Å². The zero-order valence-corrected chi connectivity index (χ0v) is 18.6. The molecule has 30 heavy (non-hydrogen) atoms. The maximum Gasteiger partial charge on any atom is 0.227 e. The minimum absolute atomic E-state index is 0.0723. The van der Waals surface area contributed by atoms with E-state index in [1.165, 1.54) is 12.8 Å². The first-order valence-electron chi connectivity index (χ1n) is 10.6. The molecule has 0 spiro atoms. The fourth-order valence-electron chi connectivity index (χ4n) is 4.28. The minimum Gasteiger partial charge on any atom is -0.399 e. The molecule has 0 aromatic heterocycles. The molecular weight excluding hydrogens is 419 g/mol. The summed E-state index contributed by atoms with van der Waals surface area (Å²) in [7, 11) is 0. The molecule has 2 N–H and O–H groups in total. The summed E-state index contributed by atoms with van der Waals surface area (Å²) in [6, 6.07) is 11.8. The largest absolute Gasteiger partial charge is 0.399 e. The summed E-state index contributed by atoms with van der Waals surface area (Å²) in [6.45, 7) is 6.07. The van der Waals surface area contributed by atoms with Crippen LogP contribution in [0.1, 0.15) is 24.0 Å². The van der Waals surface area contributed by atoms with E-state index in [-0.39, 0.29) is 12.3 Å². The van der Waals surface area contributed by atoms with Crippen molar-refractivity contribution >= 4 is 40.5 Å². The number of halogens is 2. The zero-order chi connectivity index (χ0) is 21.1. The number of rotatable bonds is 5. The van der Waals surface area contributed by atoms with Gasteiger partial charge in [0.25, 0.3) is 0 Å². The van der Waals surface area contributed by atoms with Gasteiger partial charge in [-0.25, -0.2) is 0 Å². The number of amides is 1. The summed E-state index contributed by atoms with van der Waals surface area (Å²) in [5.74, 6) is 0.0723. The maximum absolute atomic E-state index is 12.9. The van der Waals surface area contributed by atoms with Crippen molar-refractivity contribution < 1.29 is 4.79 Å². The number of nitrogens with two attached hydrogens (primary N) is 1. The third kappa shape index (κ3) is 5.02. The highest BCUT2D eigenvalue weighted by Crippen LogP contribution is 2.29. The normalized spacial score (nSPS) is 17.5. The van der Waals surface area contributed by atoms with E-state index >= 15 is 0 Å². The molecule has 2 aromatic rings. The fraction of sp³-hybridized carbons (Fsp3) is 0.435. The Morgan fingerprint density at radius 2 is 1.50 bits per heavy atom. The van der Waals surface area contributed by atoms with E-state index in [9.17, 15) is 4.79 Å². The molecule has 5 nitrogen and oxygen atoms in total. The third-order valence-corrected chi connectivity index (χ3v) is 6.70. The maximum atomic E-state index is 12.9. The Morgan fingerprint density at radius 1 is 0.900 bits per heavy atom. The first-order valence-corrected chi connectivity index (χ1v) is 11.3. The van der Waals surface area contributed by atoms with E-state index in [0.717, 1.165) is 55.2 Å². The first-order chi connectivity index (χ1) is 14.5. The second kappa shape index (κ2) is 9.46. The minimum atomic E-state index is 0.0723. The summed E-state index contributed by atoms with van der Waals surface area (Å²) in [5, 5.41) is 1.18. The molecule has 2 aliphatic rings. The number of piperazine rings is 1. The van der Waals surface area contributed by atoms with E-state index in [4.69, 9.17) is 28.9 Å². The number of carbonyl (C=O) groups is 1. The number of nitrogens with zero attached hydrogens (tertiary/aromatic N) is 3. The van der Waals surface area contributed by atoms with Crippen molar-refractivity contribution in [3.8, 4) is 0 Å². The Bertz CT molecular complexity index is 866. The topological polar surface area (TPSA) is 52.8 Å². The van der Waals surface area contributed by atoms with E-state index in [1.54, 1.807) is 0 Å². The average molecular weight is 447 g/mol. The second-order valence-corrected chi connectivity index (χ2v) is 8.97. The summed E-state index contributed by atoms with van der Waals surface area (Å²) in [5.41, 5.74) is 9.50. The Morgan fingerprint density at radius 3 is 2.10 bits per heavy atom. The molecule has 2 aromatic carbocycles. The van der Waals surface area contributed by atoms with Gasteiger partial charge in [0.1, 0.15) is 0 Å². The van der Waals surface area contributed by atoms with Gasteiger partial charge in [-0.05, 0) is 73.5 Å². The molecule has 2 heterocycles. The van der Waals surface area contributed by atoms with Gasteiger partial charge in [-0.3, -0.25) is 9.69 Å². The van der Waals surface area contributed by atoms with Crippen LogP contribution in [-0.2, 0) is 17.8 Å². The quantitative estimate of drug-likeness (QED) is 0.703. The molecule has 0 aliphatic carbocycles. The highest BCUT2D eigenvalue weighted by molar-refractivity contribution is 6.36. The number of carbonyl (C=O) groups excluding carboxylic acids is 1. The predicted molar refractivity (Wildman–Crippen MR) is 124 cm³/mol. The molecule has 2 saturated heterocycles. The summed E-state index contributed by atoms with van der Waals surface area (Å²) >= 11 is 13.1. The van der Waals surface area contributed by atoms with Gasteiger partial charge in [-0.1, -0.05) is 23.2 Å². The lowest BCUT2D eigenvalue weighted by atomic mass is 10.1. The highest BCUT2D eigenvalue weighted by atomic mass is 35.5. The molecule has 0 saturated carbocycles. The Kier molecular flexibility index (Phi) is 6.71. The number of hydrogen-bond acceptors (Lipinski definition) is 4. The van der Waals surface area contributed by atoms with Crippen LogP contribution in [0.2, 0.25) is 10.0 Å². The van der Waals surface area contributed by atoms with Gasteiger partial charge in [0.05, 0.1) is 6.42 Å². The Balaban J connectivity index is 1.35. The molecule has 0 atom stereocenters. The van der Waals surface area contributed by atoms with Gasteiger partial charge in [0.2, 0.25) is 5.91 Å². The molecule has 160 valence electrons. The zero-order valence-electron chi connectivity index (χ0n) is 17.1. The van der Waals surface area contributed by atoms with E-state index in [1.807, 2.05) is 41.3 Å². The van der Waals surface area contributed by atoms with Crippen LogP contribution in [0.3, 0.4) is 0 Å². The Hall–Kier alpha value is -1.95. The molecule has 1 amide bonds. The second-order valence-electron chi connectivity index (χ2n) is 8.16. The van der Waals surface area contributed by atoms with E-state index in [2.05, 4.69) is 9.80 Å².